The molecule has 5 heteroatoms. The number of rotatable bonds is 4. The summed E-state index contributed by atoms with van der Waals surface area (Å²) in [5, 5.41) is 13.3. The summed E-state index contributed by atoms with van der Waals surface area (Å²) in [7, 11) is 0. The average molecular weight is 315 g/mol. The van der Waals surface area contributed by atoms with Crippen molar-refractivity contribution < 1.29 is 9.84 Å². The summed E-state index contributed by atoms with van der Waals surface area (Å²) >= 11 is 3.39. The topological polar surface area (TPSA) is 54.4 Å². The number of nitrogens with one attached hydrogen (secondary N) is 1. The van der Waals surface area contributed by atoms with Crippen molar-refractivity contribution in [3.05, 3.63) is 22.3 Å². The van der Waals surface area contributed by atoms with Gasteiger partial charge in [0, 0.05) is 30.4 Å². The normalized spacial score (nSPS) is 18.6. The Hall–Kier alpha value is -0.650. The summed E-state index contributed by atoms with van der Waals surface area (Å²) in [4.78, 5) is 4.30. The van der Waals surface area contributed by atoms with Crippen LogP contribution in [0.4, 0.5) is 5.82 Å². The maximum Gasteiger partial charge on any atom is 0.129 e. The molecule has 1 aromatic rings. The Balaban J connectivity index is 1.86. The number of aryl methyl sites for hydroxylation is 1. The Morgan fingerprint density at radius 2 is 2.28 bits per heavy atom. The molecule has 2 N–H and O–H groups in total. The van der Waals surface area contributed by atoms with Gasteiger partial charge in [0.05, 0.1) is 6.10 Å². The first kappa shape index (κ1) is 13.8. The lowest BCUT2D eigenvalue weighted by Crippen LogP contribution is -2.32. The standard InChI is InChI=1S/C13H19BrN2O2/c1-9-6-11(14)7-15-13(9)16-8-12(17)10-2-4-18-5-3-10/h6-7,10,12,17H,2-5,8H2,1H3,(H,15,16)/t12-/m1/s1. The number of halogens is 1. The van der Waals surface area contributed by atoms with Gasteiger partial charge in [-0.3, -0.25) is 0 Å². The van der Waals surface area contributed by atoms with Crippen molar-refractivity contribution >= 4 is 21.7 Å². The van der Waals surface area contributed by atoms with Gasteiger partial charge in [-0.25, -0.2) is 4.98 Å². The van der Waals surface area contributed by atoms with E-state index < -0.39 is 0 Å². The smallest absolute Gasteiger partial charge is 0.129 e. The predicted molar refractivity (Wildman–Crippen MR) is 74.7 cm³/mol. The Morgan fingerprint density at radius 3 is 2.94 bits per heavy atom. The maximum absolute atomic E-state index is 10.1. The predicted octanol–water partition coefficient (Wildman–Crippen LogP) is 2.35. The molecule has 1 fully saturated rings. The zero-order chi connectivity index (χ0) is 13.0. The van der Waals surface area contributed by atoms with Crippen molar-refractivity contribution in [1.29, 1.82) is 0 Å². The first-order chi connectivity index (χ1) is 8.66. The second kappa shape index (κ2) is 6.50. The van der Waals surface area contributed by atoms with Gasteiger partial charge in [0.1, 0.15) is 5.82 Å². The van der Waals surface area contributed by atoms with E-state index in [4.69, 9.17) is 4.74 Å². The SMILES string of the molecule is Cc1cc(Br)cnc1NC[C@@H](O)C1CCOCC1. The minimum Gasteiger partial charge on any atom is -0.391 e. The third-order valence-electron chi connectivity index (χ3n) is 3.33. The van der Waals surface area contributed by atoms with Gasteiger partial charge in [-0.15, -0.1) is 0 Å². The number of aromatic nitrogens is 1. The number of anilines is 1. The maximum atomic E-state index is 10.1. The van der Waals surface area contributed by atoms with Crippen LogP contribution in [0.1, 0.15) is 18.4 Å². The molecule has 0 spiro atoms. The molecule has 1 aromatic heterocycles. The number of hydrogen-bond donors (Lipinski definition) is 2. The van der Waals surface area contributed by atoms with Crippen molar-refractivity contribution in [3.8, 4) is 0 Å². The molecule has 1 saturated heterocycles. The van der Waals surface area contributed by atoms with Crippen LogP contribution in [0.2, 0.25) is 0 Å². The molecule has 0 unspecified atom stereocenters. The van der Waals surface area contributed by atoms with Crippen LogP contribution in [0.5, 0.6) is 0 Å². The lowest BCUT2D eigenvalue weighted by molar-refractivity contribution is 0.0131. The molecule has 100 valence electrons. The van der Waals surface area contributed by atoms with Gasteiger partial charge in [0.25, 0.3) is 0 Å². The Labute approximate surface area is 116 Å². The van der Waals surface area contributed by atoms with Gasteiger partial charge in [-0.05, 0) is 53.2 Å². The van der Waals surface area contributed by atoms with Crippen LogP contribution in [0, 0.1) is 12.8 Å². The average Bonchev–Trinajstić information content (AvgIpc) is 2.38. The summed E-state index contributed by atoms with van der Waals surface area (Å²) in [6.45, 7) is 4.07. The van der Waals surface area contributed by atoms with E-state index in [-0.39, 0.29) is 6.10 Å². The van der Waals surface area contributed by atoms with E-state index in [1.54, 1.807) is 6.20 Å². The largest absolute Gasteiger partial charge is 0.391 e. The fourth-order valence-corrected chi connectivity index (χ4v) is 2.64. The van der Waals surface area contributed by atoms with E-state index in [1.165, 1.54) is 0 Å². The zero-order valence-corrected chi connectivity index (χ0v) is 12.1. The minimum absolute atomic E-state index is 0.334. The molecular weight excluding hydrogens is 296 g/mol. The van der Waals surface area contributed by atoms with Crippen LogP contribution in [0.25, 0.3) is 0 Å². The quantitative estimate of drug-likeness (QED) is 0.895. The zero-order valence-electron chi connectivity index (χ0n) is 10.5. The number of aliphatic hydroxyl groups is 1. The van der Waals surface area contributed by atoms with Crippen LogP contribution in [-0.4, -0.2) is 36.0 Å². The lowest BCUT2D eigenvalue weighted by Gasteiger charge is -2.27. The molecule has 18 heavy (non-hydrogen) atoms. The van der Waals surface area contributed by atoms with Crippen LogP contribution < -0.4 is 5.32 Å². The van der Waals surface area contributed by atoms with Crippen LogP contribution >= 0.6 is 15.9 Å². The van der Waals surface area contributed by atoms with Gasteiger partial charge in [0.15, 0.2) is 0 Å². The van der Waals surface area contributed by atoms with Gasteiger partial charge < -0.3 is 15.2 Å². The molecule has 0 saturated carbocycles. The van der Waals surface area contributed by atoms with E-state index in [0.29, 0.717) is 12.5 Å². The van der Waals surface area contributed by atoms with Crippen LogP contribution in [-0.2, 0) is 4.74 Å². The number of hydrogen-bond acceptors (Lipinski definition) is 4. The number of nitrogens with zero attached hydrogens (tertiary/aromatic N) is 1. The molecule has 0 radical (unpaired) electrons. The Morgan fingerprint density at radius 1 is 1.56 bits per heavy atom. The molecule has 0 bridgehead atoms. The highest BCUT2D eigenvalue weighted by Crippen LogP contribution is 2.20. The van der Waals surface area contributed by atoms with Crippen molar-refractivity contribution in [2.24, 2.45) is 5.92 Å². The molecule has 1 atom stereocenters. The number of pyridine rings is 1. The molecular formula is C13H19BrN2O2. The third kappa shape index (κ3) is 3.67. The summed E-state index contributed by atoms with van der Waals surface area (Å²) < 4.78 is 6.26. The van der Waals surface area contributed by atoms with Crippen LogP contribution in [0.3, 0.4) is 0 Å². The molecule has 0 aliphatic carbocycles. The van der Waals surface area contributed by atoms with Gasteiger partial charge in [-0.1, -0.05) is 0 Å². The molecule has 1 aliphatic rings. The van der Waals surface area contributed by atoms with Crippen molar-refractivity contribution in [2.45, 2.75) is 25.9 Å². The Bertz CT molecular complexity index is 395. The van der Waals surface area contributed by atoms with E-state index in [2.05, 4.69) is 26.2 Å². The van der Waals surface area contributed by atoms with E-state index >= 15 is 0 Å². The summed E-state index contributed by atoms with van der Waals surface area (Å²) in [5.41, 5.74) is 1.07. The number of ether oxygens (including phenoxy) is 1. The molecule has 0 amide bonds. The van der Waals surface area contributed by atoms with Crippen molar-refractivity contribution in [3.63, 3.8) is 0 Å². The highest BCUT2D eigenvalue weighted by Gasteiger charge is 2.21. The molecule has 1 aliphatic heterocycles. The number of aliphatic hydroxyl groups excluding tert-OH is 1. The minimum atomic E-state index is -0.334. The van der Waals surface area contributed by atoms with Gasteiger partial charge in [0.2, 0.25) is 0 Å². The monoisotopic (exact) mass is 314 g/mol. The van der Waals surface area contributed by atoms with Gasteiger partial charge >= 0.3 is 0 Å². The Kier molecular flexibility index (Phi) is 4.97. The summed E-state index contributed by atoms with van der Waals surface area (Å²) in [6.07, 6.45) is 3.31. The van der Waals surface area contributed by atoms with E-state index in [9.17, 15) is 5.11 Å². The van der Waals surface area contributed by atoms with E-state index in [1.807, 2.05) is 13.0 Å². The second-order valence-electron chi connectivity index (χ2n) is 4.72. The summed E-state index contributed by atoms with van der Waals surface area (Å²) in [5.74, 6) is 1.17. The fourth-order valence-electron chi connectivity index (χ4n) is 2.19. The highest BCUT2D eigenvalue weighted by molar-refractivity contribution is 9.10. The first-order valence-electron chi connectivity index (χ1n) is 6.28. The molecule has 2 rings (SSSR count). The summed E-state index contributed by atoms with van der Waals surface area (Å²) in [6, 6.07) is 2.01. The fraction of sp³-hybridized carbons (Fsp3) is 0.615. The van der Waals surface area contributed by atoms with Crippen molar-refractivity contribution in [1.82, 2.24) is 4.98 Å². The highest BCUT2D eigenvalue weighted by atomic mass is 79.9. The van der Waals surface area contributed by atoms with Gasteiger partial charge in [-0.2, -0.15) is 0 Å². The van der Waals surface area contributed by atoms with Crippen molar-refractivity contribution in [2.75, 3.05) is 25.1 Å². The molecule has 2 heterocycles. The van der Waals surface area contributed by atoms with Crippen LogP contribution in [0.15, 0.2) is 16.7 Å². The first-order valence-corrected chi connectivity index (χ1v) is 7.08. The third-order valence-corrected chi connectivity index (χ3v) is 3.77. The second-order valence-corrected chi connectivity index (χ2v) is 5.63. The lowest BCUT2D eigenvalue weighted by atomic mass is 9.94. The molecule has 4 nitrogen and oxygen atoms in total. The molecule has 0 aromatic carbocycles. The van der Waals surface area contributed by atoms with E-state index in [0.717, 1.165) is 41.9 Å².